The van der Waals surface area contributed by atoms with E-state index in [1.807, 2.05) is 0 Å². The largest absolute Gasteiger partial charge is 0.327 e. The Morgan fingerprint density at radius 3 is 2.32 bits per heavy atom. The van der Waals surface area contributed by atoms with Gasteiger partial charge in [-0.1, -0.05) is 52.0 Å². The van der Waals surface area contributed by atoms with Crippen molar-refractivity contribution in [2.45, 2.75) is 64.8 Å². The first-order valence-corrected chi connectivity index (χ1v) is 7.71. The van der Waals surface area contributed by atoms with Crippen LogP contribution in [0.4, 0.5) is 0 Å². The molecule has 1 heteroatoms. The predicted molar refractivity (Wildman–Crippen MR) is 83.3 cm³/mol. The molecule has 2 rings (SSSR count). The summed E-state index contributed by atoms with van der Waals surface area (Å²) in [4.78, 5) is 0. The molecule has 0 heterocycles. The molecule has 0 radical (unpaired) electrons. The lowest BCUT2D eigenvalue weighted by atomic mass is 9.76. The third-order valence-corrected chi connectivity index (χ3v) is 4.62. The van der Waals surface area contributed by atoms with Crippen LogP contribution in [0, 0.1) is 11.8 Å². The maximum Gasteiger partial charge on any atom is 0.00705 e. The van der Waals surface area contributed by atoms with E-state index < -0.39 is 0 Å². The number of hydrogen-bond donors (Lipinski definition) is 1. The number of benzene rings is 1. The van der Waals surface area contributed by atoms with Gasteiger partial charge in [-0.3, -0.25) is 0 Å². The van der Waals surface area contributed by atoms with E-state index in [0.29, 0.717) is 12.0 Å². The minimum Gasteiger partial charge on any atom is -0.327 e. The zero-order valence-corrected chi connectivity index (χ0v) is 12.9. The highest BCUT2D eigenvalue weighted by atomic mass is 14.7. The summed E-state index contributed by atoms with van der Waals surface area (Å²) >= 11 is 0. The summed E-state index contributed by atoms with van der Waals surface area (Å²) in [5.41, 5.74) is 9.39. The van der Waals surface area contributed by atoms with Crippen LogP contribution in [0.3, 0.4) is 0 Å². The van der Waals surface area contributed by atoms with E-state index in [2.05, 4.69) is 52.0 Å². The Morgan fingerprint density at radius 1 is 1.11 bits per heavy atom. The van der Waals surface area contributed by atoms with Gasteiger partial charge in [-0.15, -0.1) is 0 Å². The van der Waals surface area contributed by atoms with E-state index in [1.54, 1.807) is 0 Å². The van der Waals surface area contributed by atoms with Crippen LogP contribution in [0.5, 0.6) is 0 Å². The normalized spacial score (nSPS) is 28.4. The van der Waals surface area contributed by atoms with Crippen molar-refractivity contribution in [3.8, 4) is 0 Å². The molecule has 0 aliphatic heterocycles. The van der Waals surface area contributed by atoms with E-state index in [0.717, 1.165) is 12.3 Å². The number of hydrogen-bond acceptors (Lipinski definition) is 1. The van der Waals surface area contributed by atoms with Gasteiger partial charge in [0.1, 0.15) is 0 Å². The molecule has 1 nitrogen and oxygen atoms in total. The van der Waals surface area contributed by atoms with Crippen LogP contribution in [0.1, 0.15) is 58.1 Å². The van der Waals surface area contributed by atoms with Gasteiger partial charge in [0, 0.05) is 6.04 Å². The molecule has 3 unspecified atom stereocenters. The predicted octanol–water partition coefficient (Wildman–Crippen LogP) is 4.29. The third kappa shape index (κ3) is 3.82. The van der Waals surface area contributed by atoms with Crippen LogP contribution in [0.2, 0.25) is 0 Å². The summed E-state index contributed by atoms with van der Waals surface area (Å²) in [6, 6.07) is 9.57. The molecule has 0 spiro atoms. The van der Waals surface area contributed by atoms with Gasteiger partial charge >= 0.3 is 0 Å². The molecule has 106 valence electrons. The Morgan fingerprint density at radius 2 is 1.74 bits per heavy atom. The molecular weight excluding hydrogens is 230 g/mol. The van der Waals surface area contributed by atoms with Gasteiger partial charge in [0.25, 0.3) is 0 Å². The average molecular weight is 259 g/mol. The number of nitrogens with two attached hydrogens (primary N) is 1. The van der Waals surface area contributed by atoms with Gasteiger partial charge in [0.05, 0.1) is 0 Å². The molecule has 1 aromatic rings. The summed E-state index contributed by atoms with van der Waals surface area (Å²) in [6.07, 6.45) is 4.95. The minimum atomic E-state index is 0.244. The first-order valence-electron chi connectivity index (χ1n) is 7.71. The molecule has 0 saturated heterocycles. The smallest absolute Gasteiger partial charge is 0.00705 e. The van der Waals surface area contributed by atoms with Gasteiger partial charge in [-0.25, -0.2) is 0 Å². The van der Waals surface area contributed by atoms with E-state index in [4.69, 9.17) is 5.73 Å². The molecule has 1 fully saturated rings. The third-order valence-electron chi connectivity index (χ3n) is 4.62. The lowest BCUT2D eigenvalue weighted by Gasteiger charge is -2.32. The van der Waals surface area contributed by atoms with Gasteiger partial charge in [-0.2, -0.15) is 0 Å². The topological polar surface area (TPSA) is 26.0 Å². The average Bonchev–Trinajstić information content (AvgIpc) is 2.33. The van der Waals surface area contributed by atoms with Crippen LogP contribution in [-0.2, 0) is 11.8 Å². The highest BCUT2D eigenvalue weighted by Gasteiger charge is 2.26. The quantitative estimate of drug-likeness (QED) is 0.842. The van der Waals surface area contributed by atoms with Crippen molar-refractivity contribution >= 4 is 0 Å². The standard InChI is InChI=1S/C18H29N/c1-13-5-10-17(19)15(11-13)12-14-6-8-16(9-7-14)18(2,3)4/h6-9,13,15,17H,5,10-12,19H2,1-4H3. The summed E-state index contributed by atoms with van der Waals surface area (Å²) < 4.78 is 0. The second-order valence-electron chi connectivity index (χ2n) is 7.49. The van der Waals surface area contributed by atoms with E-state index in [-0.39, 0.29) is 5.41 Å². The molecule has 0 aromatic heterocycles. The molecular formula is C18H29N. The molecule has 0 bridgehead atoms. The van der Waals surface area contributed by atoms with Gasteiger partial charge in [0.2, 0.25) is 0 Å². The lowest BCUT2D eigenvalue weighted by molar-refractivity contribution is 0.244. The van der Waals surface area contributed by atoms with Crippen LogP contribution in [0.15, 0.2) is 24.3 Å². The van der Waals surface area contributed by atoms with Crippen LogP contribution in [-0.4, -0.2) is 6.04 Å². The van der Waals surface area contributed by atoms with E-state index >= 15 is 0 Å². The fraction of sp³-hybridized carbons (Fsp3) is 0.667. The SMILES string of the molecule is CC1CCC(N)C(Cc2ccc(C(C)(C)C)cc2)C1. The zero-order chi connectivity index (χ0) is 14.0. The maximum atomic E-state index is 6.29. The van der Waals surface area contributed by atoms with Crippen LogP contribution < -0.4 is 5.73 Å². The molecule has 3 atom stereocenters. The molecule has 1 aromatic carbocycles. The maximum absolute atomic E-state index is 6.29. The summed E-state index contributed by atoms with van der Waals surface area (Å²) in [5.74, 6) is 1.52. The van der Waals surface area contributed by atoms with E-state index in [1.165, 1.54) is 30.4 Å². The minimum absolute atomic E-state index is 0.244. The second kappa shape index (κ2) is 5.66. The number of rotatable bonds is 2. The molecule has 1 saturated carbocycles. The van der Waals surface area contributed by atoms with Crippen molar-refractivity contribution < 1.29 is 0 Å². The van der Waals surface area contributed by atoms with Crippen LogP contribution in [0.25, 0.3) is 0 Å². The summed E-state index contributed by atoms with van der Waals surface area (Å²) in [5, 5.41) is 0. The molecule has 0 amide bonds. The summed E-state index contributed by atoms with van der Waals surface area (Å²) in [6.45, 7) is 9.16. The molecule has 2 N–H and O–H groups in total. The Balaban J connectivity index is 2.03. The lowest BCUT2D eigenvalue weighted by Crippen LogP contribution is -2.36. The Kier molecular flexibility index (Phi) is 4.35. The fourth-order valence-electron chi connectivity index (χ4n) is 3.20. The van der Waals surface area contributed by atoms with Gasteiger partial charge in [0.15, 0.2) is 0 Å². The second-order valence-corrected chi connectivity index (χ2v) is 7.49. The zero-order valence-electron chi connectivity index (χ0n) is 12.9. The fourth-order valence-corrected chi connectivity index (χ4v) is 3.20. The van der Waals surface area contributed by atoms with Crippen LogP contribution >= 0.6 is 0 Å². The van der Waals surface area contributed by atoms with Crippen molar-refractivity contribution in [3.05, 3.63) is 35.4 Å². The Hall–Kier alpha value is -0.820. The summed E-state index contributed by atoms with van der Waals surface area (Å²) in [7, 11) is 0. The first-order chi connectivity index (χ1) is 8.86. The van der Waals surface area contributed by atoms with Crippen molar-refractivity contribution in [1.82, 2.24) is 0 Å². The van der Waals surface area contributed by atoms with Gasteiger partial charge < -0.3 is 5.73 Å². The van der Waals surface area contributed by atoms with Gasteiger partial charge in [-0.05, 0) is 54.1 Å². The molecule has 1 aliphatic carbocycles. The van der Waals surface area contributed by atoms with Crippen molar-refractivity contribution in [1.29, 1.82) is 0 Å². The monoisotopic (exact) mass is 259 g/mol. The first kappa shape index (κ1) is 14.6. The van der Waals surface area contributed by atoms with Crippen molar-refractivity contribution in [2.24, 2.45) is 17.6 Å². The Bertz CT molecular complexity index is 399. The Labute approximate surface area is 118 Å². The van der Waals surface area contributed by atoms with Crippen molar-refractivity contribution in [2.75, 3.05) is 0 Å². The molecule has 1 aliphatic rings. The molecule has 19 heavy (non-hydrogen) atoms. The van der Waals surface area contributed by atoms with E-state index in [9.17, 15) is 0 Å². The highest BCUT2D eigenvalue weighted by Crippen LogP contribution is 2.31. The highest BCUT2D eigenvalue weighted by molar-refractivity contribution is 5.27. The van der Waals surface area contributed by atoms with Crippen molar-refractivity contribution in [3.63, 3.8) is 0 Å².